The minimum Gasteiger partial charge on any atom is -0.491 e. The molecule has 2 aliphatic rings. The van der Waals surface area contributed by atoms with Gasteiger partial charge in [-0.15, -0.1) is 0 Å². The number of carbonyl (C=O) groups is 1. The highest BCUT2D eigenvalue weighted by molar-refractivity contribution is 5.82. The Morgan fingerprint density at radius 3 is 2.43 bits per heavy atom. The van der Waals surface area contributed by atoms with Gasteiger partial charge in [-0.05, 0) is 50.7 Å². The maximum atomic E-state index is 12.4. The maximum Gasteiger partial charge on any atom is 0.329 e. The van der Waals surface area contributed by atoms with Gasteiger partial charge in [0, 0.05) is 6.04 Å². The summed E-state index contributed by atoms with van der Waals surface area (Å²) in [4.78, 5) is 12.4. The molecule has 2 fully saturated rings. The van der Waals surface area contributed by atoms with E-state index in [4.69, 9.17) is 9.47 Å². The lowest BCUT2D eigenvalue weighted by molar-refractivity contribution is -0.151. The molecule has 0 bridgehead atoms. The van der Waals surface area contributed by atoms with Gasteiger partial charge in [-0.3, -0.25) is 5.32 Å². The summed E-state index contributed by atoms with van der Waals surface area (Å²) in [5.74, 6) is 0.937. The third kappa shape index (κ3) is 3.21. The van der Waals surface area contributed by atoms with E-state index in [9.17, 15) is 4.79 Å². The molecule has 0 aliphatic heterocycles. The standard InChI is InChI=1S/C17H23NO3/c1-12-3-9-15(10-4-12)21-11-17(13-5-6-13,16(19)20-2)18-14-7-8-14/h3-4,9-10,13-14,18H,5-8,11H2,1-2H3. The van der Waals surface area contributed by atoms with Gasteiger partial charge in [-0.25, -0.2) is 4.79 Å². The first-order chi connectivity index (χ1) is 10.1. The van der Waals surface area contributed by atoms with Crippen LogP contribution in [0.1, 0.15) is 31.2 Å². The Kier molecular flexibility index (Phi) is 3.89. The van der Waals surface area contributed by atoms with Crippen LogP contribution >= 0.6 is 0 Å². The van der Waals surface area contributed by atoms with Crippen LogP contribution in [0.15, 0.2) is 24.3 Å². The van der Waals surface area contributed by atoms with Crippen molar-refractivity contribution in [2.24, 2.45) is 5.92 Å². The Balaban J connectivity index is 1.74. The highest BCUT2D eigenvalue weighted by Gasteiger charge is 2.54. The number of ether oxygens (including phenoxy) is 2. The van der Waals surface area contributed by atoms with E-state index in [0.29, 0.717) is 18.6 Å². The van der Waals surface area contributed by atoms with Gasteiger partial charge in [0.25, 0.3) is 0 Å². The van der Waals surface area contributed by atoms with Gasteiger partial charge < -0.3 is 9.47 Å². The molecule has 21 heavy (non-hydrogen) atoms. The van der Waals surface area contributed by atoms with Crippen LogP contribution in [-0.2, 0) is 9.53 Å². The Hall–Kier alpha value is -1.55. The first kappa shape index (κ1) is 14.4. The normalized spacial score (nSPS) is 20.7. The summed E-state index contributed by atoms with van der Waals surface area (Å²) in [6, 6.07) is 8.36. The number of aryl methyl sites for hydroxylation is 1. The van der Waals surface area contributed by atoms with E-state index in [1.54, 1.807) is 0 Å². The van der Waals surface area contributed by atoms with Gasteiger partial charge in [0.15, 0.2) is 5.54 Å². The minimum atomic E-state index is -0.680. The second kappa shape index (κ2) is 5.68. The lowest BCUT2D eigenvalue weighted by atomic mass is 9.93. The highest BCUT2D eigenvalue weighted by Crippen LogP contribution is 2.42. The van der Waals surface area contributed by atoms with E-state index in [2.05, 4.69) is 5.32 Å². The van der Waals surface area contributed by atoms with Crippen molar-refractivity contribution in [2.45, 2.75) is 44.2 Å². The zero-order valence-electron chi connectivity index (χ0n) is 12.7. The molecule has 1 atom stereocenters. The quantitative estimate of drug-likeness (QED) is 0.783. The average molecular weight is 289 g/mol. The van der Waals surface area contributed by atoms with Crippen molar-refractivity contribution in [1.29, 1.82) is 0 Å². The molecule has 114 valence electrons. The summed E-state index contributed by atoms with van der Waals surface area (Å²) >= 11 is 0. The van der Waals surface area contributed by atoms with E-state index < -0.39 is 5.54 Å². The number of hydrogen-bond acceptors (Lipinski definition) is 4. The third-order valence-corrected chi connectivity index (χ3v) is 4.35. The maximum absolute atomic E-state index is 12.4. The van der Waals surface area contributed by atoms with Crippen LogP contribution < -0.4 is 10.1 Å². The third-order valence-electron chi connectivity index (χ3n) is 4.35. The first-order valence-electron chi connectivity index (χ1n) is 7.69. The summed E-state index contributed by atoms with van der Waals surface area (Å²) in [6.45, 7) is 2.38. The molecule has 1 aromatic carbocycles. The van der Waals surface area contributed by atoms with Crippen molar-refractivity contribution in [3.63, 3.8) is 0 Å². The minimum absolute atomic E-state index is 0.191. The predicted octanol–water partition coefficient (Wildman–Crippen LogP) is 2.45. The van der Waals surface area contributed by atoms with Crippen LogP contribution in [0.4, 0.5) is 0 Å². The molecule has 2 saturated carbocycles. The van der Waals surface area contributed by atoms with Crippen molar-refractivity contribution >= 4 is 5.97 Å². The zero-order valence-corrected chi connectivity index (χ0v) is 12.7. The van der Waals surface area contributed by atoms with E-state index in [1.165, 1.54) is 12.7 Å². The second-order valence-electron chi connectivity index (χ2n) is 6.26. The molecular weight excluding hydrogens is 266 g/mol. The number of benzene rings is 1. The molecule has 1 aromatic rings. The fraction of sp³-hybridized carbons (Fsp3) is 0.588. The number of methoxy groups -OCH3 is 1. The van der Waals surface area contributed by atoms with E-state index in [1.807, 2.05) is 31.2 Å². The molecule has 0 spiro atoms. The van der Waals surface area contributed by atoms with Crippen LogP contribution in [0.25, 0.3) is 0 Å². The van der Waals surface area contributed by atoms with Crippen molar-refractivity contribution < 1.29 is 14.3 Å². The predicted molar refractivity (Wildman–Crippen MR) is 80.3 cm³/mol. The lowest BCUT2D eigenvalue weighted by Crippen LogP contribution is -2.59. The largest absolute Gasteiger partial charge is 0.491 e. The summed E-state index contributed by atoms with van der Waals surface area (Å²) in [5, 5.41) is 3.50. The van der Waals surface area contributed by atoms with Crippen molar-refractivity contribution in [2.75, 3.05) is 13.7 Å². The van der Waals surface area contributed by atoms with E-state index in [0.717, 1.165) is 31.4 Å². The molecule has 1 unspecified atom stereocenters. The highest BCUT2D eigenvalue weighted by atomic mass is 16.5. The Morgan fingerprint density at radius 1 is 1.24 bits per heavy atom. The zero-order chi connectivity index (χ0) is 14.9. The molecule has 3 rings (SSSR count). The summed E-state index contributed by atoms with van der Waals surface area (Å²) in [5.41, 5.74) is 0.515. The summed E-state index contributed by atoms with van der Waals surface area (Å²) < 4.78 is 11.0. The molecule has 4 nitrogen and oxygen atoms in total. The SMILES string of the molecule is COC(=O)C(COc1ccc(C)cc1)(NC1CC1)C1CC1. The number of carbonyl (C=O) groups excluding carboxylic acids is 1. The molecule has 2 aliphatic carbocycles. The van der Waals surface area contributed by atoms with E-state index in [-0.39, 0.29) is 5.97 Å². The number of rotatable bonds is 7. The van der Waals surface area contributed by atoms with Gasteiger partial charge in [-0.2, -0.15) is 0 Å². The molecule has 0 heterocycles. The lowest BCUT2D eigenvalue weighted by Gasteiger charge is -2.32. The van der Waals surface area contributed by atoms with Crippen LogP contribution in [-0.4, -0.2) is 31.3 Å². The molecule has 4 heteroatoms. The fourth-order valence-corrected chi connectivity index (χ4v) is 2.74. The van der Waals surface area contributed by atoms with Crippen LogP contribution in [0.2, 0.25) is 0 Å². The summed E-state index contributed by atoms with van der Waals surface area (Å²) in [7, 11) is 1.46. The molecule has 0 radical (unpaired) electrons. The van der Waals surface area contributed by atoms with Crippen molar-refractivity contribution in [3.8, 4) is 5.75 Å². The smallest absolute Gasteiger partial charge is 0.329 e. The monoisotopic (exact) mass is 289 g/mol. The Morgan fingerprint density at radius 2 is 1.90 bits per heavy atom. The van der Waals surface area contributed by atoms with Gasteiger partial charge in [0.05, 0.1) is 7.11 Å². The van der Waals surface area contributed by atoms with Crippen LogP contribution in [0.5, 0.6) is 5.75 Å². The second-order valence-corrected chi connectivity index (χ2v) is 6.26. The Bertz CT molecular complexity index is 505. The number of esters is 1. The molecule has 0 saturated heterocycles. The Labute approximate surface area is 125 Å². The van der Waals surface area contributed by atoms with Gasteiger partial charge >= 0.3 is 5.97 Å². The van der Waals surface area contributed by atoms with Gasteiger partial charge in [0.1, 0.15) is 12.4 Å². The van der Waals surface area contributed by atoms with Crippen LogP contribution in [0.3, 0.4) is 0 Å². The number of hydrogen-bond donors (Lipinski definition) is 1. The first-order valence-corrected chi connectivity index (χ1v) is 7.69. The molecule has 0 amide bonds. The molecular formula is C17H23NO3. The molecule has 0 aromatic heterocycles. The van der Waals surface area contributed by atoms with Crippen molar-refractivity contribution in [1.82, 2.24) is 5.32 Å². The average Bonchev–Trinajstić information content (AvgIpc) is 3.37. The van der Waals surface area contributed by atoms with Gasteiger partial charge in [-0.1, -0.05) is 17.7 Å². The topological polar surface area (TPSA) is 47.6 Å². The number of nitrogens with one attached hydrogen (secondary N) is 1. The fourth-order valence-electron chi connectivity index (χ4n) is 2.74. The van der Waals surface area contributed by atoms with Crippen LogP contribution in [0, 0.1) is 12.8 Å². The van der Waals surface area contributed by atoms with Crippen molar-refractivity contribution in [3.05, 3.63) is 29.8 Å². The summed E-state index contributed by atoms with van der Waals surface area (Å²) in [6.07, 6.45) is 4.39. The van der Waals surface area contributed by atoms with E-state index >= 15 is 0 Å². The van der Waals surface area contributed by atoms with Gasteiger partial charge in [0.2, 0.25) is 0 Å². The molecule has 1 N–H and O–H groups in total.